The average molecular weight is 646 g/mol. The number of nitrogens with zero attached hydrogens (tertiary/aromatic N) is 1. The number of aliphatic hydroxyl groups is 1. The molecule has 10 nitrogen and oxygen atoms in total. The number of pyridine rings is 1. The fraction of sp³-hybridized carbons (Fsp3) is 0.459. The van der Waals surface area contributed by atoms with Gasteiger partial charge >= 0.3 is 6.09 Å². The molecular formula is C37H51N5O5. The van der Waals surface area contributed by atoms with Crippen LogP contribution < -0.4 is 21.7 Å². The molecule has 0 saturated heterocycles. The number of methoxy groups -OCH3 is 1. The van der Waals surface area contributed by atoms with E-state index in [-0.39, 0.29) is 12.3 Å². The number of ether oxygens (including phenoxy) is 1. The molecule has 5 atom stereocenters. The third-order valence-corrected chi connectivity index (χ3v) is 8.15. The second-order valence-electron chi connectivity index (χ2n) is 14.2. The van der Waals surface area contributed by atoms with Crippen molar-refractivity contribution in [3.8, 4) is 11.3 Å². The van der Waals surface area contributed by atoms with Crippen LogP contribution in [0.5, 0.6) is 0 Å². The fourth-order valence-electron chi connectivity index (χ4n) is 5.23. The summed E-state index contributed by atoms with van der Waals surface area (Å²) in [7, 11) is 1.24. The molecule has 0 bridgehead atoms. The minimum absolute atomic E-state index is 0.116. The fourth-order valence-corrected chi connectivity index (χ4v) is 5.23. The molecule has 6 N–H and O–H groups in total. The Bertz CT molecular complexity index is 1440. The first-order valence-corrected chi connectivity index (χ1v) is 16.0. The van der Waals surface area contributed by atoms with Crippen LogP contribution in [0.3, 0.4) is 0 Å². The van der Waals surface area contributed by atoms with Crippen LogP contribution in [0.4, 0.5) is 4.79 Å². The molecular weight excluding hydrogens is 594 g/mol. The highest BCUT2D eigenvalue weighted by Gasteiger charge is 2.36. The summed E-state index contributed by atoms with van der Waals surface area (Å²) >= 11 is 0. The molecule has 0 unspecified atom stereocenters. The maximum atomic E-state index is 13.7. The lowest BCUT2D eigenvalue weighted by Crippen LogP contribution is -2.57. The summed E-state index contributed by atoms with van der Waals surface area (Å²) in [6, 6.07) is 20.2. The van der Waals surface area contributed by atoms with Crippen LogP contribution in [0.2, 0.25) is 0 Å². The van der Waals surface area contributed by atoms with E-state index in [1.807, 2.05) is 114 Å². The monoisotopic (exact) mass is 645 g/mol. The van der Waals surface area contributed by atoms with Gasteiger partial charge in [-0.1, -0.05) is 102 Å². The molecule has 0 aliphatic rings. The molecule has 2 aromatic carbocycles. The Morgan fingerprint density at radius 1 is 0.787 bits per heavy atom. The Hall–Kier alpha value is -4.28. The molecule has 0 radical (unpaired) electrons. The number of benzene rings is 2. The maximum Gasteiger partial charge on any atom is 0.407 e. The molecule has 10 heteroatoms. The van der Waals surface area contributed by atoms with Gasteiger partial charge in [-0.3, -0.25) is 14.6 Å². The summed E-state index contributed by atoms with van der Waals surface area (Å²) in [4.78, 5) is 43.6. The van der Waals surface area contributed by atoms with E-state index in [1.165, 1.54) is 7.11 Å². The van der Waals surface area contributed by atoms with Crippen molar-refractivity contribution in [2.45, 2.75) is 91.1 Å². The minimum Gasteiger partial charge on any atom is -0.453 e. The van der Waals surface area contributed by atoms with Gasteiger partial charge in [-0.05, 0) is 53.4 Å². The Morgan fingerprint density at radius 3 is 1.96 bits per heavy atom. The zero-order valence-electron chi connectivity index (χ0n) is 28.6. The van der Waals surface area contributed by atoms with Crippen LogP contribution in [0, 0.1) is 10.8 Å². The summed E-state index contributed by atoms with van der Waals surface area (Å²) in [6.07, 6.45) is 0.828. The summed E-state index contributed by atoms with van der Waals surface area (Å²) < 4.78 is 4.78. The Morgan fingerprint density at radius 2 is 1.40 bits per heavy atom. The summed E-state index contributed by atoms with van der Waals surface area (Å²) in [5, 5.41) is 20.5. The molecule has 0 fully saturated rings. The van der Waals surface area contributed by atoms with E-state index < -0.39 is 53.1 Å². The van der Waals surface area contributed by atoms with Crippen LogP contribution in [-0.4, -0.2) is 65.4 Å². The van der Waals surface area contributed by atoms with Gasteiger partial charge in [0.25, 0.3) is 0 Å². The number of aliphatic hydroxyl groups excluding tert-OH is 1. The number of hydrogen-bond donors (Lipinski definition) is 5. The predicted molar refractivity (Wildman–Crippen MR) is 184 cm³/mol. The standard InChI is InChI=1S/C37H51N5O5/c1-36(2,3)31(38)33(44)41-29(22-24-13-9-8-10-14-24)30(43)23-27(40-34(45)32(37(4,5)6)42-35(46)47-7)21-25-16-18-26(19-17-25)28-15-11-12-20-39-28/h8-20,27,29-32,43H,21-23,38H2,1-7H3,(H,40,45)(H,41,44)(H,42,46)/t27-,29-,30-,31+,32+/m0/s1. The largest absolute Gasteiger partial charge is 0.453 e. The number of rotatable bonds is 13. The van der Waals surface area contributed by atoms with E-state index in [4.69, 9.17) is 10.5 Å². The third-order valence-electron chi connectivity index (χ3n) is 8.15. The molecule has 3 amide bonds. The van der Waals surface area contributed by atoms with Crippen molar-refractivity contribution >= 4 is 17.9 Å². The quantitative estimate of drug-likeness (QED) is 0.185. The Balaban J connectivity index is 1.91. The first-order valence-electron chi connectivity index (χ1n) is 16.0. The third kappa shape index (κ3) is 11.5. The highest BCUT2D eigenvalue weighted by molar-refractivity contribution is 5.86. The van der Waals surface area contributed by atoms with Crippen molar-refractivity contribution in [1.82, 2.24) is 20.9 Å². The van der Waals surface area contributed by atoms with Gasteiger partial charge in [0.15, 0.2) is 0 Å². The van der Waals surface area contributed by atoms with Crippen molar-refractivity contribution in [3.05, 3.63) is 90.1 Å². The normalized spacial score (nSPS) is 15.0. The van der Waals surface area contributed by atoms with Crippen LogP contribution in [0.25, 0.3) is 11.3 Å². The molecule has 1 aromatic heterocycles. The minimum atomic E-state index is -1.05. The van der Waals surface area contributed by atoms with Gasteiger partial charge in [-0.15, -0.1) is 0 Å². The molecule has 3 rings (SSSR count). The summed E-state index contributed by atoms with van der Waals surface area (Å²) in [6.45, 7) is 11.2. The number of alkyl carbamates (subject to hydrolysis) is 1. The van der Waals surface area contributed by atoms with Gasteiger partial charge in [0.2, 0.25) is 11.8 Å². The van der Waals surface area contributed by atoms with Crippen LogP contribution >= 0.6 is 0 Å². The zero-order chi connectivity index (χ0) is 34.8. The van der Waals surface area contributed by atoms with Crippen molar-refractivity contribution in [3.63, 3.8) is 0 Å². The van der Waals surface area contributed by atoms with Crippen LogP contribution in [0.1, 0.15) is 59.1 Å². The predicted octanol–water partition coefficient (Wildman–Crippen LogP) is 4.40. The summed E-state index contributed by atoms with van der Waals surface area (Å²) in [5.74, 6) is -0.776. The van der Waals surface area contributed by atoms with Crippen molar-refractivity contribution in [2.24, 2.45) is 16.6 Å². The Kier molecular flexibility index (Phi) is 13.1. The second-order valence-corrected chi connectivity index (χ2v) is 14.2. The van der Waals surface area contributed by atoms with Crippen molar-refractivity contribution in [2.75, 3.05) is 7.11 Å². The van der Waals surface area contributed by atoms with Crippen molar-refractivity contribution in [1.29, 1.82) is 0 Å². The van der Waals surface area contributed by atoms with Gasteiger partial charge < -0.3 is 31.5 Å². The lowest BCUT2D eigenvalue weighted by atomic mass is 9.85. The molecule has 3 aromatic rings. The first kappa shape index (κ1) is 37.2. The number of amides is 3. The summed E-state index contributed by atoms with van der Waals surface area (Å²) in [5.41, 5.74) is 8.81. The molecule has 254 valence electrons. The molecule has 1 heterocycles. The number of nitrogens with two attached hydrogens (primary N) is 1. The lowest BCUT2D eigenvalue weighted by molar-refractivity contribution is -0.127. The van der Waals surface area contributed by atoms with E-state index in [9.17, 15) is 19.5 Å². The van der Waals surface area contributed by atoms with Gasteiger partial charge in [-0.25, -0.2) is 4.79 Å². The van der Waals surface area contributed by atoms with E-state index in [1.54, 1.807) is 6.20 Å². The number of carbonyl (C=O) groups is 3. The first-order chi connectivity index (χ1) is 22.1. The molecule has 0 aliphatic carbocycles. The van der Waals surface area contributed by atoms with Crippen LogP contribution in [0.15, 0.2) is 79.0 Å². The van der Waals surface area contributed by atoms with E-state index in [0.29, 0.717) is 12.8 Å². The molecule has 0 saturated carbocycles. The highest BCUT2D eigenvalue weighted by Crippen LogP contribution is 2.23. The highest BCUT2D eigenvalue weighted by atomic mass is 16.5. The van der Waals surface area contributed by atoms with Gasteiger partial charge in [0, 0.05) is 17.8 Å². The van der Waals surface area contributed by atoms with E-state index >= 15 is 0 Å². The lowest BCUT2D eigenvalue weighted by Gasteiger charge is -2.34. The average Bonchev–Trinajstić information content (AvgIpc) is 3.02. The zero-order valence-corrected chi connectivity index (χ0v) is 28.6. The van der Waals surface area contributed by atoms with Gasteiger partial charge in [0.1, 0.15) is 6.04 Å². The SMILES string of the molecule is COC(=O)N[C@H](C(=O)N[C@@H](Cc1ccc(-c2ccccn2)cc1)C[C@H](O)[C@H](Cc1ccccc1)NC(=O)[C@@H](N)C(C)(C)C)C(C)(C)C. The number of carbonyl (C=O) groups excluding carboxylic acids is 3. The van der Waals surface area contributed by atoms with Gasteiger partial charge in [0.05, 0.1) is 31.0 Å². The molecule has 0 spiro atoms. The molecule has 47 heavy (non-hydrogen) atoms. The number of hydrogen-bond acceptors (Lipinski definition) is 7. The number of aromatic nitrogens is 1. The van der Waals surface area contributed by atoms with E-state index in [2.05, 4.69) is 20.9 Å². The maximum absolute atomic E-state index is 13.7. The topological polar surface area (TPSA) is 156 Å². The van der Waals surface area contributed by atoms with Gasteiger partial charge in [-0.2, -0.15) is 0 Å². The number of nitrogens with one attached hydrogen (secondary N) is 3. The second kappa shape index (κ2) is 16.5. The Labute approximate surface area is 278 Å². The van der Waals surface area contributed by atoms with Crippen LogP contribution in [-0.2, 0) is 27.2 Å². The molecule has 0 aliphatic heterocycles. The smallest absolute Gasteiger partial charge is 0.407 e. The van der Waals surface area contributed by atoms with Crippen molar-refractivity contribution < 1.29 is 24.2 Å². The van der Waals surface area contributed by atoms with E-state index in [0.717, 1.165) is 22.4 Å².